The van der Waals surface area contributed by atoms with Crippen LogP contribution in [0.3, 0.4) is 0 Å². The van der Waals surface area contributed by atoms with Crippen molar-refractivity contribution >= 4 is 11.6 Å². The molecule has 3 heteroatoms. The summed E-state index contributed by atoms with van der Waals surface area (Å²) >= 11 is 0. The SMILES string of the molecule is [2H]C(O)[C@]12CCC(=O)C=C1CC[C@@H]1[C@@H]2CC[C@]2(C)C(=O)CC[C@@H]12. The van der Waals surface area contributed by atoms with E-state index in [1.54, 1.807) is 6.08 Å². The van der Waals surface area contributed by atoms with E-state index < -0.39 is 12.0 Å². The molecule has 4 rings (SSSR count). The molecule has 4 aliphatic rings. The van der Waals surface area contributed by atoms with E-state index in [1.165, 1.54) is 0 Å². The van der Waals surface area contributed by atoms with Gasteiger partial charge < -0.3 is 5.11 Å². The fraction of sp³-hybridized carbons (Fsp3) is 0.789. The Labute approximate surface area is 133 Å². The topological polar surface area (TPSA) is 54.4 Å². The smallest absolute Gasteiger partial charge is 0.155 e. The van der Waals surface area contributed by atoms with Crippen molar-refractivity contribution in [2.45, 2.75) is 58.3 Å². The van der Waals surface area contributed by atoms with Crippen LogP contribution in [-0.2, 0) is 9.59 Å². The molecule has 0 radical (unpaired) electrons. The molecular formula is C19H26O3. The Kier molecular flexibility index (Phi) is 2.92. The van der Waals surface area contributed by atoms with Gasteiger partial charge in [-0.05, 0) is 62.4 Å². The minimum absolute atomic E-state index is 0.145. The highest BCUT2D eigenvalue weighted by atomic mass is 16.3. The number of aliphatic hydroxyl groups is 1. The zero-order valence-corrected chi connectivity index (χ0v) is 13.3. The van der Waals surface area contributed by atoms with Gasteiger partial charge in [-0.2, -0.15) is 0 Å². The van der Waals surface area contributed by atoms with Gasteiger partial charge in [-0.3, -0.25) is 9.59 Å². The number of carbonyl (C=O) groups is 2. The maximum absolute atomic E-state index is 12.4. The van der Waals surface area contributed by atoms with Gasteiger partial charge in [-0.25, -0.2) is 0 Å². The molecule has 0 amide bonds. The summed E-state index contributed by atoms with van der Waals surface area (Å²) in [6, 6.07) is 0. The van der Waals surface area contributed by atoms with Gasteiger partial charge in [-0.1, -0.05) is 12.5 Å². The van der Waals surface area contributed by atoms with Gasteiger partial charge in [0.15, 0.2) is 5.78 Å². The Morgan fingerprint density at radius 2 is 2.00 bits per heavy atom. The van der Waals surface area contributed by atoms with E-state index in [4.69, 9.17) is 1.37 Å². The summed E-state index contributed by atoms with van der Waals surface area (Å²) in [6.45, 7) is 0.985. The number of hydrogen-bond donors (Lipinski definition) is 1. The number of fused-ring (bicyclic) bond motifs is 5. The van der Waals surface area contributed by atoms with Crippen LogP contribution in [0, 0.1) is 28.6 Å². The van der Waals surface area contributed by atoms with Crippen molar-refractivity contribution in [1.29, 1.82) is 0 Å². The lowest BCUT2D eigenvalue weighted by Crippen LogP contribution is -2.53. The number of Topliss-reactive ketones (excluding diaryl/α,β-unsaturated/α-hetero) is 1. The molecule has 120 valence electrons. The summed E-state index contributed by atoms with van der Waals surface area (Å²) in [7, 11) is 0. The van der Waals surface area contributed by atoms with Crippen molar-refractivity contribution < 1.29 is 16.1 Å². The lowest BCUT2D eigenvalue weighted by molar-refractivity contribution is -0.134. The third kappa shape index (κ3) is 1.72. The van der Waals surface area contributed by atoms with Crippen LogP contribution >= 0.6 is 0 Å². The van der Waals surface area contributed by atoms with Crippen molar-refractivity contribution in [3.05, 3.63) is 11.6 Å². The van der Waals surface area contributed by atoms with Crippen molar-refractivity contribution in [3.8, 4) is 0 Å². The Bertz CT molecular complexity index is 595. The van der Waals surface area contributed by atoms with Crippen molar-refractivity contribution in [1.82, 2.24) is 0 Å². The number of carbonyl (C=O) groups excluding carboxylic acids is 2. The molecule has 3 nitrogen and oxygen atoms in total. The lowest BCUT2D eigenvalue weighted by atomic mass is 9.47. The summed E-state index contributed by atoms with van der Waals surface area (Å²) in [4.78, 5) is 24.3. The molecule has 6 atom stereocenters. The average molecular weight is 303 g/mol. The van der Waals surface area contributed by atoms with Gasteiger partial charge in [0.2, 0.25) is 0 Å². The molecule has 0 heterocycles. The summed E-state index contributed by atoms with van der Waals surface area (Å²) in [6.07, 6.45) is 8.06. The van der Waals surface area contributed by atoms with Gasteiger partial charge in [0.1, 0.15) is 5.78 Å². The zero-order valence-electron chi connectivity index (χ0n) is 14.3. The van der Waals surface area contributed by atoms with Crippen LogP contribution in [0.25, 0.3) is 0 Å². The van der Waals surface area contributed by atoms with E-state index in [0.29, 0.717) is 36.9 Å². The lowest BCUT2D eigenvalue weighted by Gasteiger charge is -2.57. The molecular weight excluding hydrogens is 276 g/mol. The highest BCUT2D eigenvalue weighted by Gasteiger charge is 2.59. The number of hydrogen-bond acceptors (Lipinski definition) is 3. The van der Waals surface area contributed by atoms with E-state index in [9.17, 15) is 14.7 Å². The first kappa shape index (κ1) is 13.5. The number of rotatable bonds is 1. The monoisotopic (exact) mass is 303 g/mol. The molecule has 3 saturated carbocycles. The van der Waals surface area contributed by atoms with Crippen molar-refractivity contribution in [2.24, 2.45) is 28.6 Å². The molecule has 0 aromatic heterocycles. The van der Waals surface area contributed by atoms with Crippen LogP contribution in [0.4, 0.5) is 0 Å². The molecule has 1 unspecified atom stereocenters. The van der Waals surface area contributed by atoms with E-state index in [2.05, 4.69) is 6.92 Å². The van der Waals surface area contributed by atoms with Crippen LogP contribution in [-0.4, -0.2) is 23.3 Å². The minimum atomic E-state index is -1.16. The predicted molar refractivity (Wildman–Crippen MR) is 83.1 cm³/mol. The first-order valence-electron chi connectivity index (χ1n) is 9.35. The van der Waals surface area contributed by atoms with Crippen LogP contribution in [0.1, 0.15) is 59.7 Å². The molecule has 0 aromatic rings. The van der Waals surface area contributed by atoms with E-state index in [0.717, 1.165) is 37.7 Å². The van der Waals surface area contributed by atoms with Crippen molar-refractivity contribution in [3.63, 3.8) is 0 Å². The third-order valence-electron chi connectivity index (χ3n) is 7.50. The molecule has 22 heavy (non-hydrogen) atoms. The second-order valence-corrected chi connectivity index (χ2v) is 8.14. The number of aliphatic hydroxyl groups excluding tert-OH is 1. The molecule has 3 fully saturated rings. The van der Waals surface area contributed by atoms with E-state index in [1.807, 2.05) is 0 Å². The largest absolute Gasteiger partial charge is 0.395 e. The van der Waals surface area contributed by atoms with E-state index >= 15 is 0 Å². The maximum atomic E-state index is 12.4. The first-order chi connectivity index (χ1) is 10.9. The summed E-state index contributed by atoms with van der Waals surface area (Å²) < 4.78 is 8.19. The normalized spacial score (nSPS) is 49.6. The molecule has 0 bridgehead atoms. The Hall–Kier alpha value is -0.960. The summed E-state index contributed by atoms with van der Waals surface area (Å²) in [5.41, 5.74) is 0.301. The van der Waals surface area contributed by atoms with Gasteiger partial charge in [-0.15, -0.1) is 0 Å². The van der Waals surface area contributed by atoms with Gasteiger partial charge in [0.05, 0.1) is 7.95 Å². The minimum Gasteiger partial charge on any atom is -0.395 e. The maximum Gasteiger partial charge on any atom is 0.155 e. The fourth-order valence-corrected chi connectivity index (χ4v) is 6.29. The first-order valence-corrected chi connectivity index (χ1v) is 8.77. The highest BCUT2D eigenvalue weighted by molar-refractivity contribution is 5.91. The van der Waals surface area contributed by atoms with Crippen LogP contribution in [0.2, 0.25) is 0 Å². The van der Waals surface area contributed by atoms with Gasteiger partial charge >= 0.3 is 0 Å². The Morgan fingerprint density at radius 1 is 1.18 bits per heavy atom. The molecule has 0 aliphatic heterocycles. The van der Waals surface area contributed by atoms with Crippen LogP contribution in [0.15, 0.2) is 11.6 Å². The molecule has 4 aliphatic carbocycles. The van der Waals surface area contributed by atoms with E-state index in [-0.39, 0.29) is 17.1 Å². The van der Waals surface area contributed by atoms with Crippen LogP contribution in [0.5, 0.6) is 0 Å². The zero-order chi connectivity index (χ0) is 16.4. The fourth-order valence-electron chi connectivity index (χ4n) is 6.29. The highest BCUT2D eigenvalue weighted by Crippen LogP contribution is 2.64. The van der Waals surface area contributed by atoms with Crippen molar-refractivity contribution in [2.75, 3.05) is 6.58 Å². The summed E-state index contributed by atoms with van der Waals surface area (Å²) in [5, 5.41) is 10.4. The summed E-state index contributed by atoms with van der Waals surface area (Å²) in [5.74, 6) is 1.65. The van der Waals surface area contributed by atoms with Gasteiger partial charge in [0.25, 0.3) is 0 Å². The number of ketones is 2. The quantitative estimate of drug-likeness (QED) is 0.810. The van der Waals surface area contributed by atoms with Gasteiger partial charge in [0, 0.05) is 23.7 Å². The second kappa shape index (κ2) is 4.77. The Morgan fingerprint density at radius 3 is 2.77 bits per heavy atom. The third-order valence-corrected chi connectivity index (χ3v) is 7.50. The Balaban J connectivity index is 1.76. The molecule has 0 aromatic carbocycles. The van der Waals surface area contributed by atoms with Crippen LogP contribution < -0.4 is 0 Å². The molecule has 0 saturated heterocycles. The predicted octanol–water partition coefficient (Wildman–Crippen LogP) is 3.06. The molecule has 0 spiro atoms. The average Bonchev–Trinajstić information content (AvgIpc) is 2.82. The second-order valence-electron chi connectivity index (χ2n) is 8.14. The standard InChI is InChI=1S/C19H26O3/c1-18-8-7-16-14(15(18)4-5-17(18)22)3-2-12-10-13(21)6-9-19(12,16)11-20/h10,14-16,20H,2-9,11H2,1H3/t14-,15-,16-,18-,19+/m0/s1/i11D/t11?,14-,15-,16-,18-,19+. The molecule has 1 N–H and O–H groups in total.